The van der Waals surface area contributed by atoms with E-state index in [2.05, 4.69) is 41.7 Å². The number of unbranched alkanes of at least 4 members (excludes halogenated alkanes) is 1. The third-order valence-electron chi connectivity index (χ3n) is 6.81. The third-order valence-corrected chi connectivity index (χ3v) is 6.81. The Labute approximate surface area is 178 Å². The van der Waals surface area contributed by atoms with Crippen molar-refractivity contribution in [3.63, 3.8) is 0 Å². The highest BCUT2D eigenvalue weighted by Crippen LogP contribution is 2.47. The van der Waals surface area contributed by atoms with Crippen LogP contribution in [-0.2, 0) is 6.42 Å². The Bertz CT molecular complexity index is 907. The second-order valence-electron chi connectivity index (χ2n) is 8.79. The molecule has 2 aliphatic carbocycles. The number of hydrogen-bond donors (Lipinski definition) is 0. The molecule has 4 rings (SSSR count). The van der Waals surface area contributed by atoms with Crippen LogP contribution in [0.3, 0.4) is 0 Å². The average molecular weight is 409 g/mol. The van der Waals surface area contributed by atoms with Gasteiger partial charge in [-0.05, 0) is 97.4 Å². The summed E-state index contributed by atoms with van der Waals surface area (Å²) in [6.45, 7) is -0.511. The predicted octanol–water partition coefficient (Wildman–Crippen LogP) is 7.32. The minimum Gasteiger partial charge on any atom is -0.435 e. The van der Waals surface area contributed by atoms with E-state index in [9.17, 15) is 8.78 Å². The van der Waals surface area contributed by atoms with Gasteiger partial charge in [0.1, 0.15) is 5.75 Å². The molecule has 0 bridgehead atoms. The van der Waals surface area contributed by atoms with Crippen molar-refractivity contribution in [1.82, 2.24) is 0 Å². The molecule has 2 aromatic rings. The third kappa shape index (κ3) is 5.04. The lowest BCUT2D eigenvalue weighted by Crippen LogP contribution is -2.28. The van der Waals surface area contributed by atoms with Crippen molar-refractivity contribution < 1.29 is 13.5 Å². The van der Waals surface area contributed by atoms with Crippen LogP contribution in [0.5, 0.6) is 5.75 Å². The molecule has 2 aromatic carbocycles. The molecule has 0 aromatic heterocycles. The number of aryl methyl sites for hydroxylation is 1. The Balaban J connectivity index is 1.43. The zero-order valence-electron chi connectivity index (χ0n) is 17.7. The minimum absolute atomic E-state index is 0.156. The Morgan fingerprint density at radius 3 is 2.53 bits per heavy atom. The van der Waals surface area contributed by atoms with E-state index < -0.39 is 6.61 Å². The molecule has 0 N–H and O–H groups in total. The number of halogens is 2. The average Bonchev–Trinajstić information content (AvgIpc) is 2.76. The summed E-state index contributed by atoms with van der Waals surface area (Å²) in [4.78, 5) is 0. The monoisotopic (exact) mass is 408 g/mol. The highest BCUT2D eigenvalue weighted by atomic mass is 19.3. The summed E-state index contributed by atoms with van der Waals surface area (Å²) in [6.07, 6.45) is 10.7. The van der Waals surface area contributed by atoms with Gasteiger partial charge in [0.2, 0.25) is 0 Å². The SMILES string of the molecule is CCCC[C@@H]1CC[C@@H]2c3ccc(C#Cc4ccc(OC(F)F)cc4)cc3CC[C@@H]2C1. The van der Waals surface area contributed by atoms with Gasteiger partial charge in [0.15, 0.2) is 0 Å². The smallest absolute Gasteiger partial charge is 0.387 e. The van der Waals surface area contributed by atoms with E-state index in [0.29, 0.717) is 0 Å². The van der Waals surface area contributed by atoms with Crippen LogP contribution in [-0.4, -0.2) is 6.61 Å². The summed E-state index contributed by atoms with van der Waals surface area (Å²) in [5.41, 5.74) is 4.84. The molecule has 0 unspecified atom stereocenters. The Morgan fingerprint density at radius 2 is 1.77 bits per heavy atom. The van der Waals surface area contributed by atoms with E-state index in [1.54, 1.807) is 17.7 Å². The molecule has 0 spiro atoms. The fraction of sp³-hybridized carbons (Fsp3) is 0.481. The van der Waals surface area contributed by atoms with Gasteiger partial charge in [0.05, 0.1) is 0 Å². The first-order chi connectivity index (χ1) is 14.6. The first kappa shape index (κ1) is 20.9. The second kappa shape index (κ2) is 9.65. The van der Waals surface area contributed by atoms with Gasteiger partial charge in [-0.25, -0.2) is 0 Å². The number of ether oxygens (including phenoxy) is 1. The van der Waals surface area contributed by atoms with Gasteiger partial charge in [-0.2, -0.15) is 8.78 Å². The molecule has 0 radical (unpaired) electrons. The van der Waals surface area contributed by atoms with Gasteiger partial charge in [-0.3, -0.25) is 0 Å². The van der Waals surface area contributed by atoms with Gasteiger partial charge in [0, 0.05) is 11.1 Å². The molecule has 0 saturated heterocycles. The van der Waals surface area contributed by atoms with Gasteiger partial charge in [0.25, 0.3) is 0 Å². The molecule has 0 heterocycles. The number of rotatable bonds is 5. The summed E-state index contributed by atoms with van der Waals surface area (Å²) in [6, 6.07) is 13.2. The number of hydrogen-bond acceptors (Lipinski definition) is 1. The first-order valence-corrected chi connectivity index (χ1v) is 11.3. The highest BCUT2D eigenvalue weighted by Gasteiger charge is 2.34. The number of benzene rings is 2. The fourth-order valence-electron chi connectivity index (χ4n) is 5.31. The summed E-state index contributed by atoms with van der Waals surface area (Å²) in [5, 5.41) is 0. The van der Waals surface area contributed by atoms with E-state index in [4.69, 9.17) is 0 Å². The topological polar surface area (TPSA) is 9.23 Å². The molecule has 0 aliphatic heterocycles. The molecule has 3 heteroatoms. The predicted molar refractivity (Wildman–Crippen MR) is 117 cm³/mol. The zero-order valence-corrected chi connectivity index (χ0v) is 17.7. The van der Waals surface area contributed by atoms with Crippen molar-refractivity contribution in [1.29, 1.82) is 0 Å². The van der Waals surface area contributed by atoms with Crippen LogP contribution < -0.4 is 4.74 Å². The van der Waals surface area contributed by atoms with Crippen LogP contribution in [0.2, 0.25) is 0 Å². The van der Waals surface area contributed by atoms with Gasteiger partial charge in [-0.1, -0.05) is 44.1 Å². The summed E-state index contributed by atoms with van der Waals surface area (Å²) in [5.74, 6) is 9.06. The van der Waals surface area contributed by atoms with Crippen molar-refractivity contribution in [2.75, 3.05) is 0 Å². The zero-order chi connectivity index (χ0) is 20.9. The standard InChI is InChI=1S/C27H30F2O/c1-2-3-4-20-9-15-25-22(17-20)11-12-23-18-21(10-16-26(23)25)6-5-19-7-13-24(14-8-19)30-27(28)29/h7-8,10,13-14,16,18,20,22,25,27H,2-4,9,11-12,15,17H2,1H3/t20-,22-,25+/m1/s1. The van der Waals surface area contributed by atoms with E-state index in [1.807, 2.05) is 0 Å². The van der Waals surface area contributed by atoms with E-state index in [1.165, 1.54) is 62.6 Å². The van der Waals surface area contributed by atoms with E-state index >= 15 is 0 Å². The molecule has 30 heavy (non-hydrogen) atoms. The molecular formula is C27H30F2O. The van der Waals surface area contributed by atoms with Crippen LogP contribution in [0.25, 0.3) is 0 Å². The fourth-order valence-corrected chi connectivity index (χ4v) is 5.31. The maximum atomic E-state index is 12.3. The largest absolute Gasteiger partial charge is 0.435 e. The van der Waals surface area contributed by atoms with Gasteiger partial charge >= 0.3 is 6.61 Å². The van der Waals surface area contributed by atoms with E-state index in [0.717, 1.165) is 35.3 Å². The lowest BCUT2D eigenvalue weighted by molar-refractivity contribution is -0.0498. The molecule has 158 valence electrons. The quantitative estimate of drug-likeness (QED) is 0.471. The first-order valence-electron chi connectivity index (χ1n) is 11.3. The minimum atomic E-state index is -2.80. The highest BCUT2D eigenvalue weighted by molar-refractivity contribution is 5.48. The van der Waals surface area contributed by atoms with Gasteiger partial charge in [-0.15, -0.1) is 0 Å². The lowest BCUT2D eigenvalue weighted by atomic mass is 9.64. The molecule has 2 aliphatic rings. The van der Waals surface area contributed by atoms with Crippen molar-refractivity contribution in [3.05, 3.63) is 64.7 Å². The van der Waals surface area contributed by atoms with Crippen LogP contribution in [0, 0.1) is 23.7 Å². The van der Waals surface area contributed by atoms with Crippen LogP contribution >= 0.6 is 0 Å². The van der Waals surface area contributed by atoms with Crippen molar-refractivity contribution in [2.45, 2.75) is 70.8 Å². The molecule has 1 nitrogen and oxygen atoms in total. The summed E-state index contributed by atoms with van der Waals surface area (Å²) >= 11 is 0. The second-order valence-corrected chi connectivity index (χ2v) is 8.79. The molecule has 1 fully saturated rings. The molecule has 3 atom stereocenters. The Hall–Kier alpha value is -2.34. The van der Waals surface area contributed by atoms with Crippen LogP contribution in [0.4, 0.5) is 8.78 Å². The number of alkyl halides is 2. The Morgan fingerprint density at radius 1 is 1.00 bits per heavy atom. The lowest BCUT2D eigenvalue weighted by Gasteiger charge is -2.40. The van der Waals surface area contributed by atoms with Crippen molar-refractivity contribution >= 4 is 0 Å². The van der Waals surface area contributed by atoms with Gasteiger partial charge < -0.3 is 4.74 Å². The maximum Gasteiger partial charge on any atom is 0.387 e. The summed E-state index contributed by atoms with van der Waals surface area (Å²) < 4.78 is 28.9. The number of fused-ring (bicyclic) bond motifs is 3. The summed E-state index contributed by atoms with van der Waals surface area (Å²) in [7, 11) is 0. The maximum absolute atomic E-state index is 12.3. The van der Waals surface area contributed by atoms with Crippen molar-refractivity contribution in [3.8, 4) is 17.6 Å². The van der Waals surface area contributed by atoms with Crippen molar-refractivity contribution in [2.24, 2.45) is 11.8 Å². The molecular weight excluding hydrogens is 378 g/mol. The Kier molecular flexibility index (Phi) is 6.72. The molecule has 1 saturated carbocycles. The van der Waals surface area contributed by atoms with Crippen LogP contribution in [0.1, 0.15) is 80.0 Å². The normalized spacial score (nSPS) is 22.6. The van der Waals surface area contributed by atoms with Crippen LogP contribution in [0.15, 0.2) is 42.5 Å². The van der Waals surface area contributed by atoms with E-state index in [-0.39, 0.29) is 5.75 Å². The molecule has 0 amide bonds.